The van der Waals surface area contributed by atoms with Crippen LogP contribution in [0.25, 0.3) is 0 Å². The van der Waals surface area contributed by atoms with Gasteiger partial charge in [-0.3, -0.25) is 4.79 Å². The average molecular weight is 647 g/mol. The van der Waals surface area contributed by atoms with Crippen molar-refractivity contribution in [3.8, 4) is 11.5 Å². The Morgan fingerprint density at radius 3 is 2.30 bits per heavy atom. The maximum absolute atomic E-state index is 12.2. The van der Waals surface area contributed by atoms with E-state index < -0.39 is 0 Å². The number of nitrogens with zero attached hydrogens (tertiary/aromatic N) is 1. The first-order chi connectivity index (χ1) is 14.5. The first kappa shape index (κ1) is 22.8. The van der Waals surface area contributed by atoms with Gasteiger partial charge in [0.25, 0.3) is 5.91 Å². The number of halogens is 3. The quantitative estimate of drug-likeness (QED) is 0.198. The molecule has 30 heavy (non-hydrogen) atoms. The van der Waals surface area contributed by atoms with E-state index in [0.717, 1.165) is 24.0 Å². The molecule has 0 spiro atoms. The highest BCUT2D eigenvalue weighted by atomic mass is 127. The summed E-state index contributed by atoms with van der Waals surface area (Å²) in [5.74, 6) is 1.21. The van der Waals surface area contributed by atoms with Gasteiger partial charge in [0, 0.05) is 10.6 Å². The maximum atomic E-state index is 12.2. The fourth-order valence-electron chi connectivity index (χ4n) is 2.50. The monoisotopic (exact) mass is 646 g/mol. The predicted octanol–water partition coefficient (Wildman–Crippen LogP) is 5.90. The molecule has 3 aromatic carbocycles. The van der Waals surface area contributed by atoms with E-state index in [1.54, 1.807) is 37.6 Å². The van der Waals surface area contributed by atoms with Gasteiger partial charge in [0.05, 0.1) is 20.5 Å². The lowest BCUT2D eigenvalue weighted by atomic mass is 10.2. The van der Waals surface area contributed by atoms with Gasteiger partial charge in [-0.25, -0.2) is 5.43 Å². The lowest BCUT2D eigenvalue weighted by molar-refractivity contribution is 0.0955. The molecule has 0 bridgehead atoms. The molecule has 154 valence electrons. The number of benzene rings is 3. The third-order valence-corrected chi connectivity index (χ3v) is 5.90. The molecule has 0 saturated carbocycles. The third-order valence-electron chi connectivity index (χ3n) is 4.05. The molecule has 1 amide bonds. The minimum absolute atomic E-state index is 0.291. The van der Waals surface area contributed by atoms with Crippen molar-refractivity contribution in [3.63, 3.8) is 0 Å². The van der Waals surface area contributed by atoms with Crippen LogP contribution in [0.4, 0.5) is 0 Å². The summed E-state index contributed by atoms with van der Waals surface area (Å²) in [4.78, 5) is 12.2. The summed E-state index contributed by atoms with van der Waals surface area (Å²) in [5, 5.41) is 4.76. The second kappa shape index (κ2) is 11.0. The number of rotatable bonds is 7. The Labute approximate surface area is 207 Å². The summed E-state index contributed by atoms with van der Waals surface area (Å²) in [6, 6.07) is 18.3. The molecule has 0 atom stereocenters. The van der Waals surface area contributed by atoms with Crippen LogP contribution in [0.2, 0.25) is 5.02 Å². The summed E-state index contributed by atoms with van der Waals surface area (Å²) in [6.45, 7) is 0.453. The number of carbonyl (C=O) groups excluding carboxylic acids is 1. The van der Waals surface area contributed by atoms with Crippen molar-refractivity contribution in [2.24, 2.45) is 5.10 Å². The standard InChI is InChI=1S/C22H17ClI2N2O3/c1-29-18-8-4-16(5-9-18)22(28)27-26-12-15-10-19(24)21(20(25)11-15)30-13-14-2-6-17(23)7-3-14/h2-12H,13H2,1H3,(H,27,28)/b26-12-. The Balaban J connectivity index is 1.62. The number of nitrogens with one attached hydrogen (secondary N) is 1. The zero-order valence-corrected chi connectivity index (χ0v) is 20.9. The van der Waals surface area contributed by atoms with Gasteiger partial charge in [0.15, 0.2) is 0 Å². The maximum Gasteiger partial charge on any atom is 0.271 e. The van der Waals surface area contributed by atoms with E-state index in [4.69, 9.17) is 21.1 Å². The topological polar surface area (TPSA) is 59.9 Å². The van der Waals surface area contributed by atoms with E-state index in [0.29, 0.717) is 22.9 Å². The van der Waals surface area contributed by atoms with E-state index >= 15 is 0 Å². The summed E-state index contributed by atoms with van der Waals surface area (Å²) in [7, 11) is 1.58. The normalized spacial score (nSPS) is 10.8. The second-order valence-electron chi connectivity index (χ2n) is 6.16. The van der Waals surface area contributed by atoms with Gasteiger partial charge in [-0.05, 0) is 105 Å². The van der Waals surface area contributed by atoms with Gasteiger partial charge in [0.2, 0.25) is 0 Å². The lowest BCUT2D eigenvalue weighted by Crippen LogP contribution is -2.17. The minimum Gasteiger partial charge on any atom is -0.497 e. The zero-order chi connectivity index (χ0) is 21.5. The van der Waals surface area contributed by atoms with Crippen LogP contribution in [0.5, 0.6) is 11.5 Å². The van der Waals surface area contributed by atoms with Crippen LogP contribution in [0, 0.1) is 7.14 Å². The highest BCUT2D eigenvalue weighted by Crippen LogP contribution is 2.29. The van der Waals surface area contributed by atoms with Gasteiger partial charge in [-0.1, -0.05) is 23.7 Å². The first-order valence-corrected chi connectivity index (χ1v) is 11.3. The summed E-state index contributed by atoms with van der Waals surface area (Å²) < 4.78 is 13.0. The van der Waals surface area contributed by atoms with Crippen LogP contribution in [0.3, 0.4) is 0 Å². The van der Waals surface area contributed by atoms with Crippen molar-refractivity contribution in [2.75, 3.05) is 7.11 Å². The summed E-state index contributed by atoms with van der Waals surface area (Å²) >= 11 is 10.4. The van der Waals surface area contributed by atoms with E-state index in [1.165, 1.54) is 0 Å². The molecule has 1 N–H and O–H groups in total. The van der Waals surface area contributed by atoms with Crippen LogP contribution < -0.4 is 14.9 Å². The predicted molar refractivity (Wildman–Crippen MR) is 136 cm³/mol. The van der Waals surface area contributed by atoms with Crippen molar-refractivity contribution in [2.45, 2.75) is 6.61 Å². The Kier molecular flexibility index (Phi) is 8.34. The molecule has 0 unspecified atom stereocenters. The van der Waals surface area contributed by atoms with Gasteiger partial charge < -0.3 is 9.47 Å². The van der Waals surface area contributed by atoms with Crippen LogP contribution in [-0.2, 0) is 6.61 Å². The lowest BCUT2D eigenvalue weighted by Gasteiger charge is -2.11. The molecule has 0 fully saturated rings. The Morgan fingerprint density at radius 2 is 1.70 bits per heavy atom. The summed E-state index contributed by atoms with van der Waals surface area (Å²) in [5.41, 5.74) is 4.93. The van der Waals surface area contributed by atoms with Crippen molar-refractivity contribution in [3.05, 3.63) is 89.5 Å². The average Bonchev–Trinajstić information content (AvgIpc) is 2.74. The molecule has 8 heteroatoms. The minimum atomic E-state index is -0.291. The molecule has 0 aliphatic carbocycles. The number of amides is 1. The van der Waals surface area contributed by atoms with Gasteiger partial charge in [-0.2, -0.15) is 5.10 Å². The number of hydrazone groups is 1. The van der Waals surface area contributed by atoms with Gasteiger partial charge in [0.1, 0.15) is 18.1 Å². The largest absolute Gasteiger partial charge is 0.497 e. The highest BCUT2D eigenvalue weighted by Gasteiger charge is 2.09. The molecule has 0 aromatic heterocycles. The number of carbonyl (C=O) groups is 1. The van der Waals surface area contributed by atoms with Crippen LogP contribution in [0.1, 0.15) is 21.5 Å². The number of hydrogen-bond acceptors (Lipinski definition) is 4. The number of methoxy groups -OCH3 is 1. The first-order valence-electron chi connectivity index (χ1n) is 8.80. The van der Waals surface area contributed by atoms with Crippen LogP contribution in [0.15, 0.2) is 65.8 Å². The molecule has 0 heterocycles. The molecule has 0 saturated heterocycles. The SMILES string of the molecule is COc1ccc(C(=O)N/N=C\c2cc(I)c(OCc3ccc(Cl)cc3)c(I)c2)cc1. The molecule has 5 nitrogen and oxygen atoms in total. The number of hydrogen-bond donors (Lipinski definition) is 1. The molecule has 0 aliphatic rings. The van der Waals surface area contributed by atoms with Crippen molar-refractivity contribution >= 4 is 68.9 Å². The molecule has 0 aliphatic heterocycles. The molecular formula is C22H17ClI2N2O3. The van der Waals surface area contributed by atoms with E-state index in [2.05, 4.69) is 55.7 Å². The zero-order valence-electron chi connectivity index (χ0n) is 15.9. The Hall–Kier alpha value is -1.85. The van der Waals surface area contributed by atoms with Gasteiger partial charge >= 0.3 is 0 Å². The van der Waals surface area contributed by atoms with Crippen LogP contribution >= 0.6 is 56.8 Å². The third kappa shape index (κ3) is 6.32. The molecule has 0 radical (unpaired) electrons. The highest BCUT2D eigenvalue weighted by molar-refractivity contribution is 14.1. The Bertz CT molecular complexity index is 1030. The van der Waals surface area contributed by atoms with Crippen molar-refractivity contribution in [1.29, 1.82) is 0 Å². The summed E-state index contributed by atoms with van der Waals surface area (Å²) in [6.07, 6.45) is 1.61. The van der Waals surface area contributed by atoms with Crippen molar-refractivity contribution in [1.82, 2.24) is 5.43 Å². The van der Waals surface area contributed by atoms with Gasteiger partial charge in [-0.15, -0.1) is 0 Å². The smallest absolute Gasteiger partial charge is 0.271 e. The van der Waals surface area contributed by atoms with E-state index in [9.17, 15) is 4.79 Å². The Morgan fingerprint density at radius 1 is 1.07 bits per heavy atom. The fraction of sp³-hybridized carbons (Fsp3) is 0.0909. The molecule has 3 rings (SSSR count). The molecule has 3 aromatic rings. The van der Waals surface area contributed by atoms with E-state index in [1.807, 2.05) is 36.4 Å². The second-order valence-corrected chi connectivity index (χ2v) is 8.92. The van der Waals surface area contributed by atoms with Crippen molar-refractivity contribution < 1.29 is 14.3 Å². The fourth-order valence-corrected chi connectivity index (χ4v) is 4.75. The molecular weight excluding hydrogens is 630 g/mol. The number of ether oxygens (including phenoxy) is 2. The van der Waals surface area contributed by atoms with E-state index in [-0.39, 0.29) is 5.91 Å². The van der Waals surface area contributed by atoms with Crippen LogP contribution in [-0.4, -0.2) is 19.2 Å².